The molecule has 1 aliphatic heterocycles. The monoisotopic (exact) mass is 324 g/mol. The van der Waals surface area contributed by atoms with E-state index in [0.717, 1.165) is 22.3 Å². The molecule has 0 radical (unpaired) electrons. The van der Waals surface area contributed by atoms with Gasteiger partial charge in [0.1, 0.15) is 12.4 Å². The molecule has 0 atom stereocenters. The highest BCUT2D eigenvalue weighted by atomic mass is 16.7. The second kappa shape index (κ2) is 6.27. The molecule has 2 aromatic carbocycles. The number of benzene rings is 2. The number of hydrogen-bond acceptors (Lipinski definition) is 3. The van der Waals surface area contributed by atoms with Crippen LogP contribution >= 0.6 is 0 Å². The lowest BCUT2D eigenvalue weighted by molar-refractivity contribution is 0.00578. The molecule has 126 valence electrons. The van der Waals surface area contributed by atoms with Crippen molar-refractivity contribution in [1.82, 2.24) is 0 Å². The van der Waals surface area contributed by atoms with Crippen LogP contribution in [0.3, 0.4) is 0 Å². The summed E-state index contributed by atoms with van der Waals surface area (Å²) in [4.78, 5) is 0. The van der Waals surface area contributed by atoms with E-state index in [-0.39, 0.29) is 18.3 Å². The van der Waals surface area contributed by atoms with Gasteiger partial charge in [-0.15, -0.1) is 0 Å². The molecular formula is C20H25BO3. The molecule has 0 saturated carbocycles. The van der Waals surface area contributed by atoms with E-state index < -0.39 is 0 Å². The molecule has 1 saturated heterocycles. The van der Waals surface area contributed by atoms with Gasteiger partial charge in [-0.05, 0) is 57.3 Å². The molecule has 1 fully saturated rings. The van der Waals surface area contributed by atoms with Crippen molar-refractivity contribution in [2.24, 2.45) is 0 Å². The lowest BCUT2D eigenvalue weighted by atomic mass is 9.76. The Hall–Kier alpha value is -1.78. The molecule has 0 bridgehead atoms. The second-order valence-electron chi connectivity index (χ2n) is 7.33. The van der Waals surface area contributed by atoms with E-state index in [1.807, 2.05) is 36.4 Å². The number of hydrogen-bond donors (Lipinski definition) is 0. The van der Waals surface area contributed by atoms with Crippen LogP contribution in [0.2, 0.25) is 0 Å². The first-order chi connectivity index (χ1) is 11.3. The Balaban J connectivity index is 1.79. The molecule has 0 aromatic heterocycles. The second-order valence-corrected chi connectivity index (χ2v) is 7.33. The molecule has 2 aromatic rings. The van der Waals surface area contributed by atoms with Crippen molar-refractivity contribution in [2.75, 3.05) is 0 Å². The molecule has 3 rings (SSSR count). The van der Waals surface area contributed by atoms with E-state index in [4.69, 9.17) is 14.0 Å². The average molecular weight is 324 g/mol. The third kappa shape index (κ3) is 3.21. The summed E-state index contributed by atoms with van der Waals surface area (Å²) < 4.78 is 18.4. The molecule has 1 aliphatic rings. The van der Waals surface area contributed by atoms with Gasteiger partial charge >= 0.3 is 7.12 Å². The van der Waals surface area contributed by atoms with Gasteiger partial charge in [0.2, 0.25) is 0 Å². The van der Waals surface area contributed by atoms with Crippen molar-refractivity contribution in [3.05, 3.63) is 59.7 Å². The maximum atomic E-state index is 6.17. The highest BCUT2D eigenvalue weighted by Gasteiger charge is 2.52. The van der Waals surface area contributed by atoms with Gasteiger partial charge in [0.05, 0.1) is 11.2 Å². The molecule has 1 heterocycles. The minimum atomic E-state index is -0.365. The quantitative estimate of drug-likeness (QED) is 0.799. The van der Waals surface area contributed by atoms with E-state index in [2.05, 4.69) is 46.8 Å². The molecule has 0 N–H and O–H groups in total. The third-order valence-corrected chi connectivity index (χ3v) is 5.07. The zero-order chi connectivity index (χ0) is 17.4. The highest BCUT2D eigenvalue weighted by Crippen LogP contribution is 2.37. The molecule has 4 heteroatoms. The summed E-state index contributed by atoms with van der Waals surface area (Å²) in [6.45, 7) is 10.9. The maximum absolute atomic E-state index is 6.17. The van der Waals surface area contributed by atoms with Gasteiger partial charge in [-0.1, -0.05) is 42.5 Å². The van der Waals surface area contributed by atoms with Crippen LogP contribution in [0.15, 0.2) is 48.5 Å². The lowest BCUT2D eigenvalue weighted by Gasteiger charge is -2.32. The third-order valence-electron chi connectivity index (χ3n) is 5.07. The summed E-state index contributed by atoms with van der Waals surface area (Å²) in [5, 5.41) is 0. The Labute approximate surface area is 145 Å². The Morgan fingerprint density at radius 1 is 0.875 bits per heavy atom. The van der Waals surface area contributed by atoms with Crippen LogP contribution in [0.1, 0.15) is 38.8 Å². The summed E-state index contributed by atoms with van der Waals surface area (Å²) in [6, 6.07) is 16.2. The summed E-state index contributed by atoms with van der Waals surface area (Å²) >= 11 is 0. The number of rotatable bonds is 4. The van der Waals surface area contributed by atoms with E-state index >= 15 is 0 Å². The van der Waals surface area contributed by atoms with Crippen molar-refractivity contribution in [3.8, 4) is 5.75 Å². The highest BCUT2D eigenvalue weighted by molar-refractivity contribution is 6.62. The fraction of sp³-hybridized carbons (Fsp3) is 0.400. The lowest BCUT2D eigenvalue weighted by Crippen LogP contribution is -2.41. The predicted octanol–water partition coefficient (Wildman–Crippen LogP) is 3.87. The van der Waals surface area contributed by atoms with Crippen LogP contribution in [-0.4, -0.2) is 18.3 Å². The van der Waals surface area contributed by atoms with E-state index in [1.54, 1.807) is 0 Å². The summed E-state index contributed by atoms with van der Waals surface area (Å²) in [5.74, 6) is 0.867. The first-order valence-corrected chi connectivity index (χ1v) is 8.42. The zero-order valence-corrected chi connectivity index (χ0v) is 15.1. The minimum Gasteiger partial charge on any atom is -0.489 e. The smallest absolute Gasteiger partial charge is 0.489 e. The molecule has 0 unspecified atom stereocenters. The summed E-state index contributed by atoms with van der Waals surface area (Å²) in [6.07, 6.45) is 0. The maximum Gasteiger partial charge on any atom is 0.495 e. The first kappa shape index (κ1) is 17.1. The van der Waals surface area contributed by atoms with E-state index in [0.29, 0.717) is 6.61 Å². The zero-order valence-electron chi connectivity index (χ0n) is 15.1. The van der Waals surface area contributed by atoms with Crippen LogP contribution < -0.4 is 10.2 Å². The molecular weight excluding hydrogens is 299 g/mol. The van der Waals surface area contributed by atoms with Gasteiger partial charge < -0.3 is 14.0 Å². The molecule has 0 amide bonds. The van der Waals surface area contributed by atoms with Crippen molar-refractivity contribution < 1.29 is 14.0 Å². The van der Waals surface area contributed by atoms with Crippen molar-refractivity contribution in [3.63, 3.8) is 0 Å². The van der Waals surface area contributed by atoms with Gasteiger partial charge in [-0.3, -0.25) is 0 Å². The Bertz CT molecular complexity index is 694. The predicted molar refractivity (Wildman–Crippen MR) is 97.7 cm³/mol. The minimum absolute atomic E-state index is 0.342. The molecule has 24 heavy (non-hydrogen) atoms. The fourth-order valence-corrected chi connectivity index (χ4v) is 2.75. The molecule has 0 spiro atoms. The van der Waals surface area contributed by atoms with Crippen molar-refractivity contribution in [2.45, 2.75) is 52.4 Å². The normalized spacial score (nSPS) is 18.6. The van der Waals surface area contributed by atoms with Gasteiger partial charge in [-0.25, -0.2) is 0 Å². The van der Waals surface area contributed by atoms with Crippen molar-refractivity contribution >= 4 is 12.6 Å². The fourth-order valence-electron chi connectivity index (χ4n) is 2.75. The van der Waals surface area contributed by atoms with Gasteiger partial charge in [0, 0.05) is 0 Å². The van der Waals surface area contributed by atoms with E-state index in [9.17, 15) is 0 Å². The van der Waals surface area contributed by atoms with Crippen molar-refractivity contribution in [1.29, 1.82) is 0 Å². The topological polar surface area (TPSA) is 27.7 Å². The summed E-state index contributed by atoms with van der Waals surface area (Å²) in [7, 11) is -0.365. The van der Waals surface area contributed by atoms with Crippen LogP contribution in [0.25, 0.3) is 0 Å². The standard InChI is InChI=1S/C20H25BO3/c1-15-17(21-23-19(2,3)20(4,5)24-21)12-9-13-18(15)22-14-16-10-7-6-8-11-16/h6-13H,14H2,1-5H3. The Morgan fingerprint density at radius 2 is 1.50 bits per heavy atom. The van der Waals surface area contributed by atoms with Gasteiger partial charge in [0.15, 0.2) is 0 Å². The van der Waals surface area contributed by atoms with Gasteiger partial charge in [-0.2, -0.15) is 0 Å². The van der Waals surface area contributed by atoms with Gasteiger partial charge in [0.25, 0.3) is 0 Å². The van der Waals surface area contributed by atoms with Crippen LogP contribution in [-0.2, 0) is 15.9 Å². The van der Waals surface area contributed by atoms with Crippen LogP contribution in [0, 0.1) is 6.92 Å². The van der Waals surface area contributed by atoms with Crippen LogP contribution in [0.5, 0.6) is 5.75 Å². The Morgan fingerprint density at radius 3 is 2.12 bits per heavy atom. The van der Waals surface area contributed by atoms with E-state index in [1.165, 1.54) is 0 Å². The Kier molecular flexibility index (Phi) is 4.45. The average Bonchev–Trinajstić information content (AvgIpc) is 2.75. The largest absolute Gasteiger partial charge is 0.495 e. The summed E-state index contributed by atoms with van der Waals surface area (Å²) in [5.41, 5.74) is 2.56. The SMILES string of the molecule is Cc1c(OCc2ccccc2)cccc1B1OC(C)(C)C(C)(C)O1. The first-order valence-electron chi connectivity index (χ1n) is 8.42. The van der Waals surface area contributed by atoms with Crippen LogP contribution in [0.4, 0.5) is 0 Å². The number of ether oxygens (including phenoxy) is 1. The molecule has 3 nitrogen and oxygen atoms in total. The molecule has 0 aliphatic carbocycles.